The Kier molecular flexibility index (Phi) is 19.1. The first kappa shape index (κ1) is 27.3. The molecule has 0 saturated heterocycles. The van der Waals surface area contributed by atoms with E-state index in [1.165, 1.54) is 103 Å². The van der Waals surface area contributed by atoms with Crippen molar-refractivity contribution < 1.29 is 4.58 Å². The fourth-order valence-electron chi connectivity index (χ4n) is 3.94. The van der Waals surface area contributed by atoms with Crippen LogP contribution in [0.4, 0.5) is 0 Å². The summed E-state index contributed by atoms with van der Waals surface area (Å²) < 4.78 is 2.76. The summed E-state index contributed by atoms with van der Waals surface area (Å²) in [5, 5.41) is 0. The number of unbranched alkanes of at least 4 members (excludes halogenated alkanes) is 8. The molecular formula is C25H54N3+. The Labute approximate surface area is 178 Å². The van der Waals surface area contributed by atoms with Gasteiger partial charge in [0.15, 0.2) is 0 Å². The van der Waals surface area contributed by atoms with Crippen LogP contribution in [0.1, 0.15) is 119 Å². The van der Waals surface area contributed by atoms with Crippen LogP contribution in [-0.4, -0.2) is 59.6 Å². The largest absolute Gasteiger partial charge is 0.350 e. The molecule has 0 aromatic carbocycles. The van der Waals surface area contributed by atoms with E-state index in [-0.39, 0.29) is 0 Å². The Morgan fingerprint density at radius 2 is 0.893 bits per heavy atom. The van der Waals surface area contributed by atoms with E-state index in [0.717, 1.165) is 13.1 Å². The minimum Gasteiger partial charge on any atom is -0.265 e. The molecule has 0 amide bonds. The molecule has 0 bridgehead atoms. The van der Waals surface area contributed by atoms with E-state index in [9.17, 15) is 0 Å². The lowest BCUT2D eigenvalue weighted by molar-refractivity contribution is -0.539. The number of hydrogen-bond acceptors (Lipinski definition) is 0. The first-order valence-electron chi connectivity index (χ1n) is 12.8. The molecule has 0 aliphatic carbocycles. The van der Waals surface area contributed by atoms with Crippen LogP contribution in [0.3, 0.4) is 0 Å². The fraction of sp³-hybridized carbons (Fsp3) is 0.960. The first-order chi connectivity index (χ1) is 13.7. The van der Waals surface area contributed by atoms with Crippen LogP contribution < -0.4 is 0 Å². The van der Waals surface area contributed by atoms with Crippen molar-refractivity contribution in [2.75, 3.05) is 39.3 Å². The number of guanidine groups is 1. The van der Waals surface area contributed by atoms with Gasteiger partial charge in [-0.15, -0.1) is 0 Å². The molecular weight excluding hydrogens is 342 g/mol. The molecule has 0 radical (unpaired) electrons. The van der Waals surface area contributed by atoms with Crippen LogP contribution in [0.2, 0.25) is 0 Å². The molecule has 0 atom stereocenters. The molecule has 168 valence electrons. The second-order valence-corrected chi connectivity index (χ2v) is 8.27. The molecule has 0 aliphatic rings. The Morgan fingerprint density at radius 3 is 1.25 bits per heavy atom. The molecule has 28 heavy (non-hydrogen) atoms. The summed E-state index contributed by atoms with van der Waals surface area (Å²) in [5.41, 5.74) is 0. The molecule has 0 fully saturated rings. The zero-order chi connectivity index (χ0) is 21.0. The molecule has 3 nitrogen and oxygen atoms in total. The molecule has 0 spiro atoms. The summed E-state index contributed by atoms with van der Waals surface area (Å²) in [6.07, 6.45) is 15.9. The number of rotatable bonds is 18. The lowest BCUT2D eigenvalue weighted by Crippen LogP contribution is -2.51. The maximum atomic E-state index is 2.76. The third kappa shape index (κ3) is 12.0. The summed E-state index contributed by atoms with van der Waals surface area (Å²) in [4.78, 5) is 5.39. The summed E-state index contributed by atoms with van der Waals surface area (Å²) in [6, 6.07) is 0. The summed E-state index contributed by atoms with van der Waals surface area (Å²) in [6.45, 7) is 21.1. The van der Waals surface area contributed by atoms with E-state index in [1.54, 1.807) is 5.96 Å². The summed E-state index contributed by atoms with van der Waals surface area (Å²) in [5.74, 6) is 1.55. The predicted octanol–water partition coefficient (Wildman–Crippen LogP) is 6.76. The molecule has 0 heterocycles. The lowest BCUT2D eigenvalue weighted by Gasteiger charge is -2.30. The Morgan fingerprint density at radius 1 is 0.500 bits per heavy atom. The van der Waals surface area contributed by atoms with E-state index in [4.69, 9.17) is 0 Å². The van der Waals surface area contributed by atoms with Gasteiger partial charge in [0.25, 0.3) is 0 Å². The Bertz CT molecular complexity index is 339. The van der Waals surface area contributed by atoms with Gasteiger partial charge in [-0.1, -0.05) is 79.1 Å². The summed E-state index contributed by atoms with van der Waals surface area (Å²) in [7, 11) is 0. The monoisotopic (exact) mass is 396 g/mol. The molecule has 3 heteroatoms. The van der Waals surface area contributed by atoms with E-state index < -0.39 is 0 Å². The van der Waals surface area contributed by atoms with Crippen LogP contribution in [-0.2, 0) is 0 Å². The van der Waals surface area contributed by atoms with E-state index in [1.807, 2.05) is 0 Å². The van der Waals surface area contributed by atoms with Crippen molar-refractivity contribution in [1.29, 1.82) is 0 Å². The van der Waals surface area contributed by atoms with Gasteiger partial charge >= 0.3 is 5.96 Å². The highest BCUT2D eigenvalue weighted by Gasteiger charge is 2.27. The van der Waals surface area contributed by atoms with Crippen LogP contribution in [0.25, 0.3) is 0 Å². The quantitative estimate of drug-likeness (QED) is 0.110. The Hall–Kier alpha value is -0.730. The third-order valence-electron chi connectivity index (χ3n) is 5.74. The normalized spacial score (nSPS) is 10.9. The van der Waals surface area contributed by atoms with E-state index >= 15 is 0 Å². The topological polar surface area (TPSA) is 9.49 Å². The minimum atomic E-state index is 1.11. The van der Waals surface area contributed by atoms with Gasteiger partial charge in [0.05, 0.1) is 39.3 Å². The van der Waals surface area contributed by atoms with Crippen molar-refractivity contribution >= 4 is 5.96 Å². The van der Waals surface area contributed by atoms with E-state index in [0.29, 0.717) is 0 Å². The van der Waals surface area contributed by atoms with Crippen LogP contribution in [0.15, 0.2) is 0 Å². The highest BCUT2D eigenvalue weighted by molar-refractivity contribution is 5.75. The van der Waals surface area contributed by atoms with Crippen molar-refractivity contribution in [3.8, 4) is 0 Å². The van der Waals surface area contributed by atoms with Crippen molar-refractivity contribution in [2.45, 2.75) is 119 Å². The van der Waals surface area contributed by atoms with Gasteiger partial charge in [-0.05, 0) is 39.5 Å². The van der Waals surface area contributed by atoms with Gasteiger partial charge in [-0.25, -0.2) is 0 Å². The number of hydrogen-bond donors (Lipinski definition) is 0. The predicted molar refractivity (Wildman–Crippen MR) is 128 cm³/mol. The van der Waals surface area contributed by atoms with Crippen LogP contribution in [0, 0.1) is 0 Å². The smallest absolute Gasteiger partial charge is 0.265 e. The highest BCUT2D eigenvalue weighted by Crippen LogP contribution is 2.10. The van der Waals surface area contributed by atoms with Gasteiger partial charge in [-0.2, -0.15) is 0 Å². The first-order valence-corrected chi connectivity index (χ1v) is 12.8. The van der Waals surface area contributed by atoms with E-state index in [2.05, 4.69) is 55.9 Å². The van der Waals surface area contributed by atoms with Crippen LogP contribution >= 0.6 is 0 Å². The second kappa shape index (κ2) is 19.6. The molecule has 0 unspecified atom stereocenters. The van der Waals surface area contributed by atoms with Gasteiger partial charge in [0, 0.05) is 0 Å². The third-order valence-corrected chi connectivity index (χ3v) is 5.74. The van der Waals surface area contributed by atoms with Crippen molar-refractivity contribution in [3.05, 3.63) is 0 Å². The molecule has 0 saturated carbocycles. The average molecular weight is 397 g/mol. The van der Waals surface area contributed by atoms with Gasteiger partial charge in [0.2, 0.25) is 0 Å². The fourth-order valence-corrected chi connectivity index (χ4v) is 3.94. The molecule has 0 N–H and O–H groups in total. The van der Waals surface area contributed by atoms with Gasteiger partial charge < -0.3 is 0 Å². The zero-order valence-corrected chi connectivity index (χ0v) is 20.6. The Balaban J connectivity index is 5.70. The standard InChI is InChI=1S/C25H54N3/c1-7-13-17-21-27(22-18-14-8-2)25(26(11-5)12-6)28(23-19-15-9-3)24-20-16-10-4/h7-24H2,1-6H3/q+1. The molecule has 0 aromatic heterocycles. The molecule has 0 rings (SSSR count). The lowest BCUT2D eigenvalue weighted by atomic mass is 10.2. The minimum absolute atomic E-state index is 1.11. The highest BCUT2D eigenvalue weighted by atomic mass is 15.4. The van der Waals surface area contributed by atoms with Crippen molar-refractivity contribution in [2.24, 2.45) is 0 Å². The maximum Gasteiger partial charge on any atom is 0.350 e. The maximum absolute atomic E-state index is 2.76. The van der Waals surface area contributed by atoms with Gasteiger partial charge in [0.1, 0.15) is 0 Å². The van der Waals surface area contributed by atoms with Crippen LogP contribution in [0.5, 0.6) is 0 Å². The SMILES string of the molecule is CCCCCN(CCCCC)C(N(CC)CC)=[N+](CCCCC)CCCCC. The zero-order valence-electron chi connectivity index (χ0n) is 20.6. The molecule has 0 aliphatic heterocycles. The average Bonchev–Trinajstić information content (AvgIpc) is 2.71. The van der Waals surface area contributed by atoms with Crippen molar-refractivity contribution in [3.63, 3.8) is 0 Å². The van der Waals surface area contributed by atoms with Crippen molar-refractivity contribution in [1.82, 2.24) is 9.80 Å². The number of nitrogens with zero attached hydrogens (tertiary/aromatic N) is 3. The second-order valence-electron chi connectivity index (χ2n) is 8.27. The summed E-state index contributed by atoms with van der Waals surface area (Å²) >= 11 is 0. The molecule has 0 aromatic rings. The van der Waals surface area contributed by atoms with Gasteiger partial charge in [-0.3, -0.25) is 14.4 Å².